The Morgan fingerprint density at radius 3 is 2.82 bits per heavy atom. The molecule has 1 aliphatic rings. The highest BCUT2D eigenvalue weighted by Crippen LogP contribution is 2.24. The summed E-state index contributed by atoms with van der Waals surface area (Å²) in [5.41, 5.74) is 0.560. The Balaban J connectivity index is 1.96. The van der Waals surface area contributed by atoms with Crippen LogP contribution in [0.3, 0.4) is 0 Å². The summed E-state index contributed by atoms with van der Waals surface area (Å²) in [6.07, 6.45) is 6.77. The summed E-state index contributed by atoms with van der Waals surface area (Å²) < 4.78 is 0. The Kier molecular flexibility index (Phi) is 4.52. The lowest BCUT2D eigenvalue weighted by Crippen LogP contribution is -2.36. The van der Waals surface area contributed by atoms with E-state index in [0.29, 0.717) is 5.69 Å². The normalized spacial score (nSPS) is 17.2. The second kappa shape index (κ2) is 6.13. The third kappa shape index (κ3) is 3.27. The topological polar surface area (TPSA) is 39.9 Å². The molecule has 1 fully saturated rings. The molecule has 0 amide bonds. The summed E-state index contributed by atoms with van der Waals surface area (Å²) in [4.78, 5) is 6.84. The van der Waals surface area contributed by atoms with Gasteiger partial charge in [-0.2, -0.15) is 5.26 Å². The first-order valence-electron chi connectivity index (χ1n) is 6.42. The zero-order valence-electron chi connectivity index (χ0n) is 10.4. The molecule has 3 nitrogen and oxygen atoms in total. The van der Waals surface area contributed by atoms with E-state index in [9.17, 15) is 0 Å². The highest BCUT2D eigenvalue weighted by atomic mass is 32.1. The number of aromatic nitrogens is 1. The summed E-state index contributed by atoms with van der Waals surface area (Å²) in [7, 11) is 0. The van der Waals surface area contributed by atoms with Crippen LogP contribution < -0.4 is 0 Å². The third-order valence-corrected chi connectivity index (χ3v) is 4.34. The molecule has 0 aliphatic heterocycles. The maximum Gasteiger partial charge on any atom is 0.151 e. The van der Waals surface area contributed by atoms with Crippen LogP contribution in [0, 0.1) is 11.3 Å². The Labute approximate surface area is 107 Å². The van der Waals surface area contributed by atoms with Crippen LogP contribution in [-0.4, -0.2) is 22.5 Å². The van der Waals surface area contributed by atoms with E-state index in [0.717, 1.165) is 24.1 Å². The van der Waals surface area contributed by atoms with Gasteiger partial charge in [-0.3, -0.25) is 4.90 Å². The first-order chi connectivity index (χ1) is 8.33. The van der Waals surface area contributed by atoms with Gasteiger partial charge in [-0.1, -0.05) is 26.2 Å². The molecule has 0 saturated heterocycles. The minimum atomic E-state index is 0.560. The van der Waals surface area contributed by atoms with Gasteiger partial charge >= 0.3 is 0 Å². The molecule has 17 heavy (non-hydrogen) atoms. The van der Waals surface area contributed by atoms with E-state index in [-0.39, 0.29) is 0 Å². The molecular weight excluding hydrogens is 230 g/mol. The molecule has 1 aliphatic carbocycles. The van der Waals surface area contributed by atoms with E-state index in [1.807, 2.05) is 5.38 Å². The number of hydrogen-bond donors (Lipinski definition) is 0. The van der Waals surface area contributed by atoms with Gasteiger partial charge in [-0.05, 0) is 19.4 Å². The smallest absolute Gasteiger partial charge is 0.151 e. The van der Waals surface area contributed by atoms with Crippen molar-refractivity contribution in [2.45, 2.75) is 51.6 Å². The van der Waals surface area contributed by atoms with E-state index >= 15 is 0 Å². The predicted octanol–water partition coefficient (Wildman–Crippen LogP) is 3.17. The summed E-state index contributed by atoms with van der Waals surface area (Å²) in [5, 5.41) is 11.7. The quantitative estimate of drug-likeness (QED) is 0.823. The van der Waals surface area contributed by atoms with Crippen molar-refractivity contribution in [3.05, 3.63) is 16.1 Å². The molecular formula is C13H19N3S. The van der Waals surface area contributed by atoms with Gasteiger partial charge in [0.1, 0.15) is 11.1 Å². The first kappa shape index (κ1) is 12.5. The largest absolute Gasteiger partial charge is 0.294 e. The van der Waals surface area contributed by atoms with E-state index in [2.05, 4.69) is 22.9 Å². The Morgan fingerprint density at radius 2 is 2.24 bits per heavy atom. The van der Waals surface area contributed by atoms with Crippen molar-refractivity contribution in [1.29, 1.82) is 5.26 Å². The fraction of sp³-hybridized carbons (Fsp3) is 0.692. The zero-order chi connectivity index (χ0) is 12.1. The molecule has 92 valence electrons. The van der Waals surface area contributed by atoms with Crippen molar-refractivity contribution in [3.63, 3.8) is 0 Å². The molecule has 0 spiro atoms. The van der Waals surface area contributed by atoms with Crippen LogP contribution >= 0.6 is 11.3 Å². The minimum Gasteiger partial charge on any atom is -0.294 e. The second-order valence-corrected chi connectivity index (χ2v) is 5.54. The van der Waals surface area contributed by atoms with Gasteiger partial charge in [-0.15, -0.1) is 11.3 Å². The lowest BCUT2D eigenvalue weighted by molar-refractivity contribution is 0.156. The molecule has 1 heterocycles. The number of hydrogen-bond acceptors (Lipinski definition) is 4. The first-order valence-corrected chi connectivity index (χ1v) is 7.30. The van der Waals surface area contributed by atoms with Gasteiger partial charge in [0.25, 0.3) is 0 Å². The van der Waals surface area contributed by atoms with Gasteiger partial charge in [0, 0.05) is 11.4 Å². The molecule has 0 N–H and O–H groups in total. The van der Waals surface area contributed by atoms with E-state index in [1.54, 1.807) is 11.3 Å². The molecule has 0 bridgehead atoms. The maximum absolute atomic E-state index is 8.77. The van der Waals surface area contributed by atoms with E-state index in [4.69, 9.17) is 5.26 Å². The molecule has 0 aromatic carbocycles. The van der Waals surface area contributed by atoms with Crippen LogP contribution in [0.15, 0.2) is 5.38 Å². The summed E-state index contributed by atoms with van der Waals surface area (Å²) in [6, 6.07) is 2.82. The van der Waals surface area contributed by atoms with Crippen molar-refractivity contribution in [2.75, 3.05) is 6.54 Å². The molecule has 0 unspecified atom stereocenters. The molecule has 0 atom stereocenters. The molecule has 2 rings (SSSR count). The van der Waals surface area contributed by atoms with E-state index < -0.39 is 0 Å². The van der Waals surface area contributed by atoms with Crippen LogP contribution in [-0.2, 0) is 6.54 Å². The average molecular weight is 249 g/mol. The average Bonchev–Trinajstić information content (AvgIpc) is 2.84. The van der Waals surface area contributed by atoms with E-state index in [1.165, 1.54) is 32.1 Å². The maximum atomic E-state index is 8.77. The summed E-state index contributed by atoms with van der Waals surface area (Å²) in [5.74, 6) is 0. The van der Waals surface area contributed by atoms with Gasteiger partial charge in [0.15, 0.2) is 5.69 Å². The summed E-state index contributed by atoms with van der Waals surface area (Å²) >= 11 is 1.61. The highest BCUT2D eigenvalue weighted by Gasteiger charge is 2.20. The number of nitriles is 1. The van der Waals surface area contributed by atoms with Gasteiger partial charge < -0.3 is 0 Å². The molecule has 1 aromatic heterocycles. The fourth-order valence-electron chi connectivity index (χ4n) is 2.55. The molecule has 1 aromatic rings. The fourth-order valence-corrected chi connectivity index (χ4v) is 3.30. The SMILES string of the molecule is CCN(Cc1nc(C#N)cs1)C1CCCCC1. The zero-order valence-corrected chi connectivity index (χ0v) is 11.2. The van der Waals surface area contributed by atoms with Crippen molar-refractivity contribution in [1.82, 2.24) is 9.88 Å². The lowest BCUT2D eigenvalue weighted by atomic mass is 9.94. The van der Waals surface area contributed by atoms with Crippen molar-refractivity contribution >= 4 is 11.3 Å². The third-order valence-electron chi connectivity index (χ3n) is 3.50. The highest BCUT2D eigenvalue weighted by molar-refractivity contribution is 7.09. The molecule has 0 radical (unpaired) electrons. The van der Waals surface area contributed by atoms with Crippen LogP contribution in [0.1, 0.15) is 49.7 Å². The number of rotatable bonds is 4. The van der Waals surface area contributed by atoms with Gasteiger partial charge in [0.2, 0.25) is 0 Å². The summed E-state index contributed by atoms with van der Waals surface area (Å²) in [6.45, 7) is 4.20. The van der Waals surface area contributed by atoms with Gasteiger partial charge in [0.05, 0.1) is 6.54 Å². The monoisotopic (exact) mass is 249 g/mol. The standard InChI is InChI=1S/C13H19N3S/c1-2-16(12-6-4-3-5-7-12)9-13-15-11(8-14)10-17-13/h10,12H,2-7,9H2,1H3. The Hall–Kier alpha value is -0.920. The molecule has 4 heteroatoms. The lowest BCUT2D eigenvalue weighted by Gasteiger charge is -2.32. The van der Waals surface area contributed by atoms with Gasteiger partial charge in [-0.25, -0.2) is 4.98 Å². The van der Waals surface area contributed by atoms with Crippen molar-refractivity contribution in [2.24, 2.45) is 0 Å². The van der Waals surface area contributed by atoms with Crippen molar-refractivity contribution < 1.29 is 0 Å². The number of thiazole rings is 1. The van der Waals surface area contributed by atoms with Crippen LogP contribution in [0.2, 0.25) is 0 Å². The van der Waals surface area contributed by atoms with Crippen LogP contribution in [0.5, 0.6) is 0 Å². The second-order valence-electron chi connectivity index (χ2n) is 4.59. The molecule has 1 saturated carbocycles. The Bertz CT molecular complexity index is 388. The minimum absolute atomic E-state index is 0.560. The van der Waals surface area contributed by atoms with Crippen molar-refractivity contribution in [3.8, 4) is 6.07 Å². The van der Waals surface area contributed by atoms with Crippen LogP contribution in [0.4, 0.5) is 0 Å². The number of nitrogens with zero attached hydrogens (tertiary/aromatic N) is 3. The van der Waals surface area contributed by atoms with Crippen LogP contribution in [0.25, 0.3) is 0 Å². The predicted molar refractivity (Wildman–Crippen MR) is 69.8 cm³/mol. The Morgan fingerprint density at radius 1 is 1.47 bits per heavy atom.